The van der Waals surface area contributed by atoms with Gasteiger partial charge in [0, 0.05) is 24.2 Å². The van der Waals surface area contributed by atoms with Crippen molar-refractivity contribution >= 4 is 21.8 Å². The van der Waals surface area contributed by atoms with Gasteiger partial charge in [0.2, 0.25) is 10.0 Å². The molecule has 0 aliphatic rings. The molecule has 0 radical (unpaired) electrons. The smallest absolute Gasteiger partial charge is 0.244 e. The molecule has 23 heavy (non-hydrogen) atoms. The Kier molecular flexibility index (Phi) is 5.84. The molecule has 0 saturated carbocycles. The van der Waals surface area contributed by atoms with E-state index < -0.39 is 10.0 Å². The molecule has 0 N–H and O–H groups in total. The van der Waals surface area contributed by atoms with Crippen molar-refractivity contribution in [3.8, 4) is 0 Å². The minimum Gasteiger partial charge on any atom is -0.248 e. The van der Waals surface area contributed by atoms with E-state index in [4.69, 9.17) is 0 Å². The van der Waals surface area contributed by atoms with Crippen LogP contribution in [-0.2, 0) is 10.0 Å². The van der Waals surface area contributed by atoms with E-state index in [1.165, 1.54) is 21.6 Å². The van der Waals surface area contributed by atoms with Crippen LogP contribution >= 0.6 is 11.8 Å². The van der Waals surface area contributed by atoms with E-state index in [0.29, 0.717) is 13.1 Å². The van der Waals surface area contributed by atoms with Gasteiger partial charge >= 0.3 is 0 Å². The van der Waals surface area contributed by atoms with Gasteiger partial charge in [-0.2, -0.15) is 4.31 Å². The topological polar surface area (TPSA) is 50.3 Å². The predicted octanol–water partition coefficient (Wildman–Crippen LogP) is 3.88. The van der Waals surface area contributed by atoms with E-state index in [1.54, 1.807) is 23.9 Å². The summed E-state index contributed by atoms with van der Waals surface area (Å²) in [4.78, 5) is 5.70. The maximum Gasteiger partial charge on any atom is 0.244 e. The van der Waals surface area contributed by atoms with Crippen molar-refractivity contribution < 1.29 is 8.42 Å². The number of pyridine rings is 1. The maximum atomic E-state index is 12.4. The molecule has 0 atom stereocenters. The molecule has 0 spiro atoms. The molecule has 1 aromatic heterocycles. The van der Waals surface area contributed by atoms with Crippen molar-refractivity contribution in [2.24, 2.45) is 0 Å². The van der Waals surface area contributed by atoms with Gasteiger partial charge in [-0.1, -0.05) is 37.7 Å². The van der Waals surface area contributed by atoms with E-state index in [2.05, 4.69) is 37.0 Å². The molecule has 2 rings (SSSR count). The first-order chi connectivity index (χ1) is 10.9. The number of hydrogen-bond acceptors (Lipinski definition) is 4. The van der Waals surface area contributed by atoms with Crippen molar-refractivity contribution in [1.29, 1.82) is 0 Å². The van der Waals surface area contributed by atoms with Crippen molar-refractivity contribution in [1.82, 2.24) is 9.29 Å². The minimum atomic E-state index is -3.44. The normalized spacial score (nSPS) is 11.9. The van der Waals surface area contributed by atoms with Crippen molar-refractivity contribution in [3.05, 3.63) is 47.7 Å². The molecule has 1 aromatic carbocycles. The number of benzene rings is 1. The lowest BCUT2D eigenvalue weighted by Gasteiger charge is -2.18. The number of nitrogens with zero attached hydrogens (tertiary/aromatic N) is 2. The number of sulfonamides is 1. The Labute approximate surface area is 143 Å². The van der Waals surface area contributed by atoms with Crippen LogP contribution in [0.2, 0.25) is 0 Å². The van der Waals surface area contributed by atoms with E-state index in [9.17, 15) is 8.42 Å². The zero-order valence-corrected chi connectivity index (χ0v) is 15.5. The SMILES string of the molecule is CCN(CC)S(=O)(=O)c1ccc(Sc2cc(C)ccc2C)nc1. The molecule has 0 saturated heterocycles. The Morgan fingerprint density at radius 3 is 2.35 bits per heavy atom. The van der Waals surface area contributed by atoms with E-state index in [0.717, 1.165) is 9.92 Å². The molecular formula is C17H22N2O2S2. The van der Waals surface area contributed by atoms with Gasteiger partial charge in [-0.05, 0) is 43.2 Å². The molecule has 1 heterocycles. The Bertz CT molecular complexity index is 768. The van der Waals surface area contributed by atoms with Crippen LogP contribution in [0.5, 0.6) is 0 Å². The molecule has 0 aliphatic carbocycles. The Morgan fingerprint density at radius 2 is 1.78 bits per heavy atom. The number of hydrogen-bond donors (Lipinski definition) is 0. The fourth-order valence-corrected chi connectivity index (χ4v) is 4.57. The monoisotopic (exact) mass is 350 g/mol. The van der Waals surface area contributed by atoms with Crippen LogP contribution in [0.25, 0.3) is 0 Å². The molecular weight excluding hydrogens is 328 g/mol. The van der Waals surface area contributed by atoms with Gasteiger partial charge in [0.15, 0.2) is 0 Å². The average Bonchev–Trinajstić information content (AvgIpc) is 2.52. The highest BCUT2D eigenvalue weighted by atomic mass is 32.2. The van der Waals surface area contributed by atoms with Crippen LogP contribution < -0.4 is 0 Å². The zero-order valence-electron chi connectivity index (χ0n) is 13.9. The second kappa shape index (κ2) is 7.47. The molecule has 0 amide bonds. The largest absolute Gasteiger partial charge is 0.248 e. The summed E-state index contributed by atoms with van der Waals surface area (Å²) in [7, 11) is -3.44. The van der Waals surface area contributed by atoms with Crippen LogP contribution in [0.1, 0.15) is 25.0 Å². The summed E-state index contributed by atoms with van der Waals surface area (Å²) in [5, 5.41) is 0.789. The van der Waals surface area contributed by atoms with Gasteiger partial charge < -0.3 is 0 Å². The summed E-state index contributed by atoms with van der Waals surface area (Å²) in [5.74, 6) is 0. The van der Waals surface area contributed by atoms with Crippen LogP contribution in [0.15, 0.2) is 51.3 Å². The fourth-order valence-electron chi connectivity index (χ4n) is 2.22. The van der Waals surface area contributed by atoms with E-state index in [1.807, 2.05) is 13.8 Å². The highest BCUT2D eigenvalue weighted by Gasteiger charge is 2.21. The molecule has 0 unspecified atom stereocenters. The molecule has 0 fully saturated rings. The molecule has 0 bridgehead atoms. The molecule has 6 heteroatoms. The Balaban J connectivity index is 2.24. The van der Waals surface area contributed by atoms with Gasteiger partial charge in [-0.15, -0.1) is 0 Å². The standard InChI is InChI=1S/C17H22N2O2S2/c1-5-19(6-2)23(20,21)15-9-10-17(18-12-15)22-16-11-13(3)7-8-14(16)4/h7-12H,5-6H2,1-4H3. The van der Waals surface area contributed by atoms with Crippen LogP contribution in [-0.4, -0.2) is 30.8 Å². The third-order valence-electron chi connectivity index (χ3n) is 3.61. The minimum absolute atomic E-state index is 0.242. The first-order valence-electron chi connectivity index (χ1n) is 7.59. The van der Waals surface area contributed by atoms with Gasteiger partial charge in [0.1, 0.15) is 9.92 Å². The summed E-state index contributed by atoms with van der Waals surface area (Å²) in [6, 6.07) is 9.67. The van der Waals surface area contributed by atoms with Crippen molar-refractivity contribution in [3.63, 3.8) is 0 Å². The van der Waals surface area contributed by atoms with Gasteiger partial charge in [0.25, 0.3) is 0 Å². The lowest BCUT2D eigenvalue weighted by molar-refractivity contribution is 0.445. The highest BCUT2D eigenvalue weighted by Crippen LogP contribution is 2.30. The summed E-state index contributed by atoms with van der Waals surface area (Å²) in [6.07, 6.45) is 1.45. The summed E-state index contributed by atoms with van der Waals surface area (Å²) < 4.78 is 26.3. The van der Waals surface area contributed by atoms with Crippen LogP contribution in [0.3, 0.4) is 0 Å². The third kappa shape index (κ3) is 4.13. The van der Waals surface area contributed by atoms with Gasteiger partial charge in [-0.3, -0.25) is 0 Å². The van der Waals surface area contributed by atoms with Crippen molar-refractivity contribution in [2.45, 2.75) is 42.5 Å². The lowest BCUT2D eigenvalue weighted by Crippen LogP contribution is -2.30. The van der Waals surface area contributed by atoms with Crippen LogP contribution in [0, 0.1) is 13.8 Å². The van der Waals surface area contributed by atoms with Crippen LogP contribution in [0.4, 0.5) is 0 Å². The molecule has 4 nitrogen and oxygen atoms in total. The van der Waals surface area contributed by atoms with Gasteiger partial charge in [-0.25, -0.2) is 13.4 Å². The van der Waals surface area contributed by atoms with Gasteiger partial charge in [0.05, 0.1) is 0 Å². The lowest BCUT2D eigenvalue weighted by atomic mass is 10.2. The summed E-state index contributed by atoms with van der Waals surface area (Å²) >= 11 is 1.55. The maximum absolute atomic E-state index is 12.4. The predicted molar refractivity (Wildman–Crippen MR) is 94.4 cm³/mol. The number of rotatable bonds is 6. The third-order valence-corrected chi connectivity index (χ3v) is 6.75. The zero-order chi connectivity index (χ0) is 17.0. The molecule has 124 valence electrons. The fraction of sp³-hybridized carbons (Fsp3) is 0.353. The summed E-state index contributed by atoms with van der Waals surface area (Å²) in [5.41, 5.74) is 2.38. The first-order valence-corrected chi connectivity index (χ1v) is 9.85. The number of aryl methyl sites for hydroxylation is 2. The highest BCUT2D eigenvalue weighted by molar-refractivity contribution is 7.99. The average molecular weight is 351 g/mol. The first kappa shape index (κ1) is 18.0. The van der Waals surface area contributed by atoms with E-state index in [-0.39, 0.29) is 4.90 Å². The second-order valence-corrected chi connectivity index (χ2v) is 8.29. The van der Waals surface area contributed by atoms with Crippen molar-refractivity contribution in [2.75, 3.05) is 13.1 Å². The summed E-state index contributed by atoms with van der Waals surface area (Å²) in [6.45, 7) is 8.69. The second-order valence-electron chi connectivity index (χ2n) is 5.29. The Hall–Kier alpha value is -1.37. The van der Waals surface area contributed by atoms with E-state index >= 15 is 0 Å². The number of aromatic nitrogens is 1. The molecule has 0 aliphatic heterocycles. The molecule has 2 aromatic rings. The quantitative estimate of drug-likeness (QED) is 0.793. The Morgan fingerprint density at radius 1 is 1.09 bits per heavy atom.